The van der Waals surface area contributed by atoms with Gasteiger partial charge < -0.3 is 10.2 Å². The molecule has 0 radical (unpaired) electrons. The maximum absolute atomic E-state index is 9.80. The summed E-state index contributed by atoms with van der Waals surface area (Å²) in [6, 6.07) is 0. The van der Waals surface area contributed by atoms with Crippen molar-refractivity contribution in [3.63, 3.8) is 0 Å². The highest BCUT2D eigenvalue weighted by molar-refractivity contribution is 4.95. The summed E-state index contributed by atoms with van der Waals surface area (Å²) in [7, 11) is 0. The highest BCUT2D eigenvalue weighted by Crippen LogP contribution is 2.45. The second kappa shape index (κ2) is 3.00. The molecule has 0 aromatic carbocycles. The van der Waals surface area contributed by atoms with E-state index in [9.17, 15) is 10.2 Å². The van der Waals surface area contributed by atoms with Crippen LogP contribution in [0, 0.1) is 17.8 Å². The van der Waals surface area contributed by atoms with E-state index in [-0.39, 0.29) is 18.1 Å². The van der Waals surface area contributed by atoms with Gasteiger partial charge in [0.2, 0.25) is 0 Å². The quantitative estimate of drug-likeness (QED) is 0.573. The molecule has 2 aliphatic carbocycles. The molecule has 0 aliphatic heterocycles. The van der Waals surface area contributed by atoms with Crippen LogP contribution in [-0.2, 0) is 0 Å². The molecular weight excluding hydrogens is 152 g/mol. The van der Waals surface area contributed by atoms with Gasteiger partial charge in [-0.1, -0.05) is 13.3 Å². The van der Waals surface area contributed by atoms with Crippen molar-refractivity contribution >= 4 is 0 Å². The molecule has 2 rings (SSSR count). The van der Waals surface area contributed by atoms with Crippen LogP contribution >= 0.6 is 0 Å². The second-order valence-corrected chi connectivity index (χ2v) is 4.54. The Morgan fingerprint density at radius 1 is 1.17 bits per heavy atom. The number of rotatable bonds is 0. The summed E-state index contributed by atoms with van der Waals surface area (Å²) in [5, 5.41) is 19.5. The molecule has 2 aliphatic rings. The predicted octanol–water partition coefficient (Wildman–Crippen LogP) is 1.16. The molecule has 2 fully saturated rings. The topological polar surface area (TPSA) is 40.5 Å². The molecule has 0 saturated heterocycles. The van der Waals surface area contributed by atoms with Crippen LogP contribution in [0.25, 0.3) is 0 Å². The molecular formula is C10H18O2. The highest BCUT2D eigenvalue weighted by atomic mass is 16.3. The van der Waals surface area contributed by atoms with Crippen molar-refractivity contribution in [2.45, 2.75) is 44.8 Å². The highest BCUT2D eigenvalue weighted by Gasteiger charge is 2.45. The van der Waals surface area contributed by atoms with Crippen LogP contribution < -0.4 is 0 Å². The zero-order valence-corrected chi connectivity index (χ0v) is 7.61. The Kier molecular flexibility index (Phi) is 2.13. The number of hydrogen-bond donors (Lipinski definition) is 2. The summed E-state index contributed by atoms with van der Waals surface area (Å²) in [6.07, 6.45) is 3.88. The summed E-state index contributed by atoms with van der Waals surface area (Å²) < 4.78 is 0. The lowest BCUT2D eigenvalue weighted by atomic mass is 9.79. The van der Waals surface area contributed by atoms with Crippen molar-refractivity contribution in [3.05, 3.63) is 0 Å². The number of hydrogen-bond acceptors (Lipinski definition) is 2. The van der Waals surface area contributed by atoms with Gasteiger partial charge in [0, 0.05) is 5.92 Å². The molecule has 0 amide bonds. The third-order valence-corrected chi connectivity index (χ3v) is 3.72. The summed E-state index contributed by atoms with van der Waals surface area (Å²) in [5.74, 6) is 1.18. The molecule has 70 valence electrons. The average Bonchev–Trinajstić information content (AvgIpc) is 2.29. The minimum atomic E-state index is -0.245. The van der Waals surface area contributed by atoms with E-state index in [1.807, 2.05) is 0 Å². The molecule has 0 aromatic heterocycles. The first-order valence-electron chi connectivity index (χ1n) is 5.06. The molecule has 2 N–H and O–H groups in total. The van der Waals surface area contributed by atoms with E-state index < -0.39 is 0 Å². The molecule has 0 unspecified atom stereocenters. The molecule has 2 saturated carbocycles. The summed E-state index contributed by atoms with van der Waals surface area (Å²) in [6.45, 7) is 2.09. The average molecular weight is 170 g/mol. The Bertz CT molecular complexity index is 169. The summed E-state index contributed by atoms with van der Waals surface area (Å²) >= 11 is 0. The van der Waals surface area contributed by atoms with Gasteiger partial charge in [0.25, 0.3) is 0 Å². The van der Waals surface area contributed by atoms with Crippen LogP contribution in [-0.4, -0.2) is 22.4 Å². The fraction of sp³-hybridized carbons (Fsp3) is 1.00. The minimum Gasteiger partial charge on any atom is -0.393 e. The van der Waals surface area contributed by atoms with Gasteiger partial charge in [-0.05, 0) is 31.1 Å². The van der Waals surface area contributed by atoms with Crippen molar-refractivity contribution in [1.82, 2.24) is 0 Å². The Morgan fingerprint density at radius 3 is 2.58 bits per heavy atom. The Hall–Kier alpha value is -0.0800. The molecule has 5 atom stereocenters. The standard InChI is InChI=1S/C10H18O2/c1-6-5-7-3-2-4-8(11)9(7)10(6)12/h6-12H,2-5H2,1H3/t6-,7+,8+,9-,10-/m0/s1. The lowest BCUT2D eigenvalue weighted by Gasteiger charge is -2.32. The van der Waals surface area contributed by atoms with E-state index in [4.69, 9.17) is 0 Å². The zero-order chi connectivity index (χ0) is 8.72. The third kappa shape index (κ3) is 1.17. The maximum atomic E-state index is 9.80. The van der Waals surface area contributed by atoms with Gasteiger partial charge in [-0.3, -0.25) is 0 Å². The van der Waals surface area contributed by atoms with Crippen molar-refractivity contribution in [1.29, 1.82) is 0 Å². The van der Waals surface area contributed by atoms with E-state index in [1.54, 1.807) is 0 Å². The number of aliphatic hydroxyl groups is 2. The lowest BCUT2D eigenvalue weighted by molar-refractivity contribution is -0.0200. The summed E-state index contributed by atoms with van der Waals surface area (Å²) in [5.41, 5.74) is 0. The molecule has 0 aromatic rings. The predicted molar refractivity (Wildman–Crippen MR) is 46.6 cm³/mol. The van der Waals surface area contributed by atoms with Crippen molar-refractivity contribution < 1.29 is 10.2 Å². The van der Waals surface area contributed by atoms with Crippen molar-refractivity contribution in [2.75, 3.05) is 0 Å². The van der Waals surface area contributed by atoms with Gasteiger partial charge in [0.15, 0.2) is 0 Å². The van der Waals surface area contributed by atoms with Gasteiger partial charge in [-0.15, -0.1) is 0 Å². The number of aliphatic hydroxyl groups excluding tert-OH is 2. The second-order valence-electron chi connectivity index (χ2n) is 4.54. The molecule has 2 heteroatoms. The Balaban J connectivity index is 2.12. The molecule has 12 heavy (non-hydrogen) atoms. The molecule has 0 bridgehead atoms. The maximum Gasteiger partial charge on any atom is 0.0621 e. The van der Waals surface area contributed by atoms with Gasteiger partial charge in [-0.25, -0.2) is 0 Å². The van der Waals surface area contributed by atoms with E-state index in [1.165, 1.54) is 6.42 Å². The first kappa shape index (κ1) is 8.52. The van der Waals surface area contributed by atoms with Gasteiger partial charge in [-0.2, -0.15) is 0 Å². The van der Waals surface area contributed by atoms with Crippen LogP contribution in [0.4, 0.5) is 0 Å². The largest absolute Gasteiger partial charge is 0.393 e. The van der Waals surface area contributed by atoms with Crippen molar-refractivity contribution in [2.24, 2.45) is 17.8 Å². The van der Waals surface area contributed by atoms with E-state index in [2.05, 4.69) is 6.92 Å². The van der Waals surface area contributed by atoms with Crippen molar-refractivity contribution in [3.8, 4) is 0 Å². The van der Waals surface area contributed by atoms with Crippen LogP contribution in [0.3, 0.4) is 0 Å². The molecule has 2 nitrogen and oxygen atoms in total. The van der Waals surface area contributed by atoms with E-state index in [0.717, 1.165) is 19.3 Å². The van der Waals surface area contributed by atoms with E-state index in [0.29, 0.717) is 11.8 Å². The van der Waals surface area contributed by atoms with E-state index >= 15 is 0 Å². The zero-order valence-electron chi connectivity index (χ0n) is 7.61. The van der Waals surface area contributed by atoms with Crippen LogP contribution in [0.2, 0.25) is 0 Å². The monoisotopic (exact) mass is 170 g/mol. The molecule has 0 heterocycles. The minimum absolute atomic E-state index is 0.189. The lowest BCUT2D eigenvalue weighted by Crippen LogP contribution is -2.36. The Morgan fingerprint density at radius 2 is 1.92 bits per heavy atom. The van der Waals surface area contributed by atoms with Crippen LogP contribution in [0.1, 0.15) is 32.6 Å². The van der Waals surface area contributed by atoms with Gasteiger partial charge in [0.1, 0.15) is 0 Å². The number of fused-ring (bicyclic) bond motifs is 1. The first-order valence-corrected chi connectivity index (χ1v) is 5.06. The SMILES string of the molecule is C[C@H]1C[C@H]2CCC[C@@H](O)[C@H]2[C@H]1O. The van der Waals surface area contributed by atoms with Crippen LogP contribution in [0.15, 0.2) is 0 Å². The molecule has 0 spiro atoms. The van der Waals surface area contributed by atoms with Crippen LogP contribution in [0.5, 0.6) is 0 Å². The first-order chi connectivity index (χ1) is 5.70. The normalized spacial score (nSPS) is 53.8. The fourth-order valence-electron chi connectivity index (χ4n) is 3.07. The Labute approximate surface area is 73.6 Å². The third-order valence-electron chi connectivity index (χ3n) is 3.72. The fourth-order valence-corrected chi connectivity index (χ4v) is 3.07. The smallest absolute Gasteiger partial charge is 0.0621 e. The summed E-state index contributed by atoms with van der Waals surface area (Å²) in [4.78, 5) is 0. The van der Waals surface area contributed by atoms with Gasteiger partial charge >= 0.3 is 0 Å². The van der Waals surface area contributed by atoms with Gasteiger partial charge in [0.05, 0.1) is 12.2 Å².